The minimum absolute atomic E-state index is 0.347. The van der Waals surface area contributed by atoms with Crippen LogP contribution in [-0.2, 0) is 22.5 Å². The molecule has 132 valence electrons. The number of hydrogen-bond donors (Lipinski definition) is 0. The van der Waals surface area contributed by atoms with Crippen LogP contribution in [0.4, 0.5) is 0 Å². The molecule has 3 rings (SSSR count). The molecule has 0 aliphatic carbocycles. The number of carbonyl (C=O) groups is 1. The monoisotopic (exact) mass is 345 g/mol. The Morgan fingerprint density at radius 1 is 1.00 bits per heavy atom. The van der Waals surface area contributed by atoms with Gasteiger partial charge in [-0.25, -0.2) is 4.79 Å². The lowest BCUT2D eigenvalue weighted by Crippen LogP contribution is -2.07. The molecule has 1 heterocycles. The topological polar surface area (TPSA) is 31.2 Å². The highest BCUT2D eigenvalue weighted by Gasteiger charge is 2.10. The standard InChI is InChI=1S/C23H23NO2/c1-3-20-13-14-21(15-16-23(25)26-2)24(20)17-19-11-7-8-12-22(19)18-9-5-4-6-10-18/h4-16H,3,17H2,1-2H3/b16-15+. The molecule has 0 N–H and O–H groups in total. The van der Waals surface area contributed by atoms with Crippen LogP contribution < -0.4 is 0 Å². The van der Waals surface area contributed by atoms with Crippen molar-refractivity contribution in [2.45, 2.75) is 19.9 Å². The number of benzene rings is 2. The van der Waals surface area contributed by atoms with E-state index in [9.17, 15) is 4.79 Å². The molecule has 0 spiro atoms. The molecule has 0 saturated heterocycles. The third-order valence-electron chi connectivity index (χ3n) is 4.49. The predicted molar refractivity (Wildman–Crippen MR) is 106 cm³/mol. The fourth-order valence-corrected chi connectivity index (χ4v) is 3.12. The first-order valence-corrected chi connectivity index (χ1v) is 8.80. The number of carbonyl (C=O) groups excluding carboxylic acids is 1. The van der Waals surface area contributed by atoms with Gasteiger partial charge in [-0.2, -0.15) is 0 Å². The van der Waals surface area contributed by atoms with Crippen LogP contribution in [-0.4, -0.2) is 17.6 Å². The van der Waals surface area contributed by atoms with Crippen molar-refractivity contribution in [3.8, 4) is 11.1 Å². The number of methoxy groups -OCH3 is 1. The van der Waals surface area contributed by atoms with E-state index in [1.165, 1.54) is 35.6 Å². The zero-order chi connectivity index (χ0) is 18.4. The van der Waals surface area contributed by atoms with Gasteiger partial charge < -0.3 is 9.30 Å². The zero-order valence-electron chi connectivity index (χ0n) is 15.2. The molecule has 26 heavy (non-hydrogen) atoms. The van der Waals surface area contributed by atoms with Crippen molar-refractivity contribution < 1.29 is 9.53 Å². The van der Waals surface area contributed by atoms with Crippen molar-refractivity contribution in [3.63, 3.8) is 0 Å². The fourth-order valence-electron chi connectivity index (χ4n) is 3.12. The Balaban J connectivity index is 1.98. The number of ether oxygens (including phenoxy) is 1. The van der Waals surface area contributed by atoms with E-state index in [1.807, 2.05) is 18.2 Å². The SMILES string of the molecule is CCc1ccc(/C=C/C(=O)OC)n1Cc1ccccc1-c1ccccc1. The van der Waals surface area contributed by atoms with E-state index in [2.05, 4.69) is 66.1 Å². The molecule has 0 atom stereocenters. The first-order chi connectivity index (χ1) is 12.7. The van der Waals surface area contributed by atoms with Crippen LogP contribution in [0.3, 0.4) is 0 Å². The van der Waals surface area contributed by atoms with E-state index < -0.39 is 0 Å². The summed E-state index contributed by atoms with van der Waals surface area (Å²) < 4.78 is 6.96. The van der Waals surface area contributed by atoms with Crippen molar-refractivity contribution in [1.29, 1.82) is 0 Å². The average molecular weight is 345 g/mol. The molecule has 0 radical (unpaired) electrons. The molecule has 0 amide bonds. The Morgan fingerprint density at radius 3 is 2.46 bits per heavy atom. The van der Waals surface area contributed by atoms with E-state index >= 15 is 0 Å². The van der Waals surface area contributed by atoms with E-state index in [4.69, 9.17) is 4.74 Å². The first-order valence-electron chi connectivity index (χ1n) is 8.80. The maximum Gasteiger partial charge on any atom is 0.330 e. The molecular weight excluding hydrogens is 322 g/mol. The highest BCUT2D eigenvalue weighted by Crippen LogP contribution is 2.25. The molecular formula is C23H23NO2. The van der Waals surface area contributed by atoms with Crippen LogP contribution in [0.5, 0.6) is 0 Å². The minimum Gasteiger partial charge on any atom is -0.466 e. The molecule has 0 aliphatic rings. The van der Waals surface area contributed by atoms with Gasteiger partial charge in [-0.15, -0.1) is 0 Å². The van der Waals surface area contributed by atoms with Gasteiger partial charge in [0.2, 0.25) is 0 Å². The molecule has 3 aromatic rings. The summed E-state index contributed by atoms with van der Waals surface area (Å²) in [5, 5.41) is 0. The molecule has 3 nitrogen and oxygen atoms in total. The maximum absolute atomic E-state index is 11.5. The summed E-state index contributed by atoms with van der Waals surface area (Å²) in [6.45, 7) is 2.89. The van der Waals surface area contributed by atoms with Gasteiger partial charge in [0.25, 0.3) is 0 Å². The van der Waals surface area contributed by atoms with Crippen LogP contribution in [0.2, 0.25) is 0 Å². The number of aromatic nitrogens is 1. The number of aryl methyl sites for hydroxylation is 1. The van der Waals surface area contributed by atoms with Gasteiger partial charge in [0.15, 0.2) is 0 Å². The van der Waals surface area contributed by atoms with Crippen molar-refractivity contribution in [2.75, 3.05) is 7.11 Å². The first kappa shape index (κ1) is 17.7. The third-order valence-corrected chi connectivity index (χ3v) is 4.49. The summed E-state index contributed by atoms with van der Waals surface area (Å²) in [6, 6.07) is 23.0. The molecule has 0 unspecified atom stereocenters. The summed E-state index contributed by atoms with van der Waals surface area (Å²) >= 11 is 0. The quantitative estimate of drug-likeness (QED) is 0.467. The Bertz CT molecular complexity index is 907. The number of rotatable bonds is 6. The van der Waals surface area contributed by atoms with Gasteiger partial charge in [0, 0.05) is 24.0 Å². The van der Waals surface area contributed by atoms with Gasteiger partial charge in [-0.05, 0) is 41.3 Å². The molecule has 0 fully saturated rings. The number of hydrogen-bond acceptors (Lipinski definition) is 2. The van der Waals surface area contributed by atoms with Crippen LogP contribution in [0.25, 0.3) is 17.2 Å². The van der Waals surface area contributed by atoms with Gasteiger partial charge >= 0.3 is 5.97 Å². The smallest absolute Gasteiger partial charge is 0.330 e. The largest absolute Gasteiger partial charge is 0.466 e. The summed E-state index contributed by atoms with van der Waals surface area (Å²) in [7, 11) is 1.39. The van der Waals surface area contributed by atoms with Gasteiger partial charge in [-0.3, -0.25) is 0 Å². The van der Waals surface area contributed by atoms with Crippen molar-refractivity contribution in [1.82, 2.24) is 4.57 Å². The van der Waals surface area contributed by atoms with Gasteiger partial charge in [0.05, 0.1) is 7.11 Å². The van der Waals surface area contributed by atoms with E-state index in [1.54, 1.807) is 0 Å². The second-order valence-corrected chi connectivity index (χ2v) is 6.07. The highest BCUT2D eigenvalue weighted by molar-refractivity contribution is 5.86. The van der Waals surface area contributed by atoms with Crippen LogP contribution in [0, 0.1) is 0 Å². The normalized spacial score (nSPS) is 11.0. The van der Waals surface area contributed by atoms with Gasteiger partial charge in [-0.1, -0.05) is 61.5 Å². The summed E-state index contributed by atoms with van der Waals surface area (Å²) in [6.07, 6.45) is 4.21. The van der Waals surface area contributed by atoms with Gasteiger partial charge in [0.1, 0.15) is 0 Å². The average Bonchev–Trinajstić information content (AvgIpc) is 3.08. The lowest BCUT2D eigenvalue weighted by Gasteiger charge is -2.15. The van der Waals surface area contributed by atoms with E-state index in [0.717, 1.165) is 18.7 Å². The number of nitrogens with zero attached hydrogens (tertiary/aromatic N) is 1. The van der Waals surface area contributed by atoms with Crippen LogP contribution >= 0.6 is 0 Å². The summed E-state index contributed by atoms with van der Waals surface area (Å²) in [5.41, 5.74) is 5.91. The van der Waals surface area contributed by atoms with E-state index in [0.29, 0.717) is 0 Å². The van der Waals surface area contributed by atoms with Crippen LogP contribution in [0.15, 0.2) is 72.8 Å². The second-order valence-electron chi connectivity index (χ2n) is 6.07. The Labute approximate surface area is 154 Å². The molecule has 0 bridgehead atoms. The lowest BCUT2D eigenvalue weighted by molar-refractivity contribution is -0.134. The zero-order valence-corrected chi connectivity index (χ0v) is 15.2. The van der Waals surface area contributed by atoms with Crippen molar-refractivity contribution in [3.05, 3.63) is 89.8 Å². The van der Waals surface area contributed by atoms with E-state index in [-0.39, 0.29) is 5.97 Å². The number of esters is 1. The Morgan fingerprint density at radius 2 is 1.73 bits per heavy atom. The lowest BCUT2D eigenvalue weighted by atomic mass is 9.99. The van der Waals surface area contributed by atoms with Crippen molar-refractivity contribution in [2.24, 2.45) is 0 Å². The molecule has 0 saturated carbocycles. The summed E-state index contributed by atoms with van der Waals surface area (Å²) in [4.78, 5) is 11.5. The third kappa shape index (κ3) is 3.94. The predicted octanol–water partition coefficient (Wildman–Crippen LogP) is 4.95. The highest BCUT2D eigenvalue weighted by atomic mass is 16.5. The summed E-state index contributed by atoms with van der Waals surface area (Å²) in [5.74, 6) is -0.347. The molecule has 1 aromatic heterocycles. The van der Waals surface area contributed by atoms with Crippen molar-refractivity contribution >= 4 is 12.0 Å². The molecule has 2 aromatic carbocycles. The maximum atomic E-state index is 11.5. The Kier molecular flexibility index (Phi) is 5.69. The molecule has 3 heteroatoms. The second kappa shape index (κ2) is 8.34. The van der Waals surface area contributed by atoms with Crippen LogP contribution in [0.1, 0.15) is 23.9 Å². The molecule has 0 aliphatic heterocycles. The fraction of sp³-hybridized carbons (Fsp3) is 0.174. The minimum atomic E-state index is -0.347. The Hall–Kier alpha value is -3.07.